The molecule has 3 nitrogen and oxygen atoms in total. The summed E-state index contributed by atoms with van der Waals surface area (Å²) in [5.41, 5.74) is 3.24. The normalized spacial score (nSPS) is 25.8. The SMILES string of the molecule is CC(C)c1nc2c(n1C1CCCC1(C)C)CCNC2. The van der Waals surface area contributed by atoms with Gasteiger partial charge in [-0.05, 0) is 18.3 Å². The lowest BCUT2D eigenvalue weighted by Gasteiger charge is -2.32. The minimum absolute atomic E-state index is 0.420. The molecule has 1 aliphatic carbocycles. The van der Waals surface area contributed by atoms with Crippen molar-refractivity contribution in [3.63, 3.8) is 0 Å². The summed E-state index contributed by atoms with van der Waals surface area (Å²) in [7, 11) is 0. The first-order valence-corrected chi connectivity index (χ1v) is 7.81. The minimum Gasteiger partial charge on any atom is -0.328 e. The van der Waals surface area contributed by atoms with E-state index in [2.05, 4.69) is 37.6 Å². The Morgan fingerprint density at radius 3 is 2.79 bits per heavy atom. The van der Waals surface area contributed by atoms with E-state index in [0.29, 0.717) is 17.4 Å². The highest BCUT2D eigenvalue weighted by Crippen LogP contribution is 2.47. The van der Waals surface area contributed by atoms with Crippen LogP contribution >= 0.6 is 0 Å². The topological polar surface area (TPSA) is 29.9 Å². The molecule has 0 bridgehead atoms. The highest BCUT2D eigenvalue weighted by Gasteiger charge is 2.39. The molecule has 1 aliphatic heterocycles. The van der Waals surface area contributed by atoms with Gasteiger partial charge in [0, 0.05) is 37.2 Å². The summed E-state index contributed by atoms with van der Waals surface area (Å²) in [5, 5.41) is 3.46. The number of aromatic nitrogens is 2. The molecule has 1 unspecified atom stereocenters. The summed E-state index contributed by atoms with van der Waals surface area (Å²) in [6, 6.07) is 0.652. The fourth-order valence-corrected chi connectivity index (χ4v) is 3.90. The van der Waals surface area contributed by atoms with Crippen LogP contribution < -0.4 is 5.32 Å². The molecule has 2 aliphatic rings. The van der Waals surface area contributed by atoms with E-state index in [1.165, 1.54) is 36.5 Å². The van der Waals surface area contributed by atoms with Crippen molar-refractivity contribution < 1.29 is 0 Å². The largest absolute Gasteiger partial charge is 0.328 e. The summed E-state index contributed by atoms with van der Waals surface area (Å²) in [6.45, 7) is 11.5. The van der Waals surface area contributed by atoms with E-state index in [1.807, 2.05) is 0 Å². The Hall–Kier alpha value is -0.830. The van der Waals surface area contributed by atoms with Crippen LogP contribution in [0.4, 0.5) is 0 Å². The summed E-state index contributed by atoms with van der Waals surface area (Å²) in [5.74, 6) is 1.83. The maximum absolute atomic E-state index is 4.96. The predicted molar refractivity (Wildman–Crippen MR) is 78.4 cm³/mol. The van der Waals surface area contributed by atoms with E-state index in [9.17, 15) is 0 Å². The van der Waals surface area contributed by atoms with E-state index < -0.39 is 0 Å². The Balaban J connectivity index is 2.10. The Morgan fingerprint density at radius 2 is 2.16 bits per heavy atom. The second-order valence-corrected chi connectivity index (χ2v) is 7.21. The molecule has 1 N–H and O–H groups in total. The smallest absolute Gasteiger partial charge is 0.112 e. The lowest BCUT2D eigenvalue weighted by molar-refractivity contribution is 0.249. The molecule has 19 heavy (non-hydrogen) atoms. The van der Waals surface area contributed by atoms with Gasteiger partial charge in [0.05, 0.1) is 5.69 Å². The van der Waals surface area contributed by atoms with Gasteiger partial charge >= 0.3 is 0 Å². The summed E-state index contributed by atoms with van der Waals surface area (Å²) >= 11 is 0. The molecule has 1 aromatic heterocycles. The second kappa shape index (κ2) is 4.62. The lowest BCUT2D eigenvalue weighted by atomic mass is 9.86. The van der Waals surface area contributed by atoms with E-state index in [0.717, 1.165) is 19.5 Å². The van der Waals surface area contributed by atoms with Crippen molar-refractivity contribution in [1.29, 1.82) is 0 Å². The third-order valence-electron chi connectivity index (χ3n) is 4.98. The van der Waals surface area contributed by atoms with Crippen LogP contribution in [0.2, 0.25) is 0 Å². The van der Waals surface area contributed by atoms with Gasteiger partial charge in [0.2, 0.25) is 0 Å². The van der Waals surface area contributed by atoms with Gasteiger partial charge < -0.3 is 9.88 Å². The fraction of sp³-hybridized carbons (Fsp3) is 0.812. The highest BCUT2D eigenvalue weighted by molar-refractivity contribution is 5.23. The van der Waals surface area contributed by atoms with Gasteiger partial charge in [-0.2, -0.15) is 0 Å². The molecule has 0 spiro atoms. The first-order valence-electron chi connectivity index (χ1n) is 7.81. The van der Waals surface area contributed by atoms with Crippen molar-refractivity contribution in [2.75, 3.05) is 6.54 Å². The van der Waals surface area contributed by atoms with Crippen molar-refractivity contribution in [3.8, 4) is 0 Å². The maximum Gasteiger partial charge on any atom is 0.112 e. The standard InChI is InChI=1S/C16H27N3/c1-11(2)15-18-12-10-17-9-7-13(12)19(15)14-6-5-8-16(14,3)4/h11,14,17H,5-10H2,1-4H3. The zero-order chi connectivity index (χ0) is 13.6. The molecular weight excluding hydrogens is 234 g/mol. The molecular formula is C16H27N3. The van der Waals surface area contributed by atoms with E-state index >= 15 is 0 Å². The number of imidazole rings is 1. The van der Waals surface area contributed by atoms with Gasteiger partial charge in [-0.3, -0.25) is 0 Å². The average molecular weight is 261 g/mol. The van der Waals surface area contributed by atoms with Crippen LogP contribution in [0.25, 0.3) is 0 Å². The lowest BCUT2D eigenvalue weighted by Crippen LogP contribution is -2.29. The number of hydrogen-bond donors (Lipinski definition) is 1. The van der Waals surface area contributed by atoms with Crippen LogP contribution in [0.15, 0.2) is 0 Å². The highest BCUT2D eigenvalue weighted by atomic mass is 15.2. The summed E-state index contributed by atoms with van der Waals surface area (Å²) in [6.07, 6.45) is 5.17. The molecule has 1 atom stereocenters. The Kier molecular flexibility index (Phi) is 3.20. The first kappa shape index (κ1) is 13.2. The molecule has 0 amide bonds. The van der Waals surface area contributed by atoms with E-state index in [-0.39, 0.29) is 0 Å². The molecule has 1 saturated carbocycles. The van der Waals surface area contributed by atoms with Crippen LogP contribution in [-0.4, -0.2) is 16.1 Å². The molecule has 3 heteroatoms. The number of nitrogens with one attached hydrogen (secondary N) is 1. The second-order valence-electron chi connectivity index (χ2n) is 7.21. The van der Waals surface area contributed by atoms with Gasteiger partial charge in [0.1, 0.15) is 5.82 Å². The van der Waals surface area contributed by atoms with Gasteiger partial charge in [-0.1, -0.05) is 34.1 Å². The van der Waals surface area contributed by atoms with Crippen molar-refractivity contribution >= 4 is 0 Å². The molecule has 0 saturated heterocycles. The van der Waals surface area contributed by atoms with E-state index in [1.54, 1.807) is 0 Å². The van der Waals surface area contributed by atoms with Gasteiger partial charge in [-0.15, -0.1) is 0 Å². The zero-order valence-corrected chi connectivity index (χ0v) is 12.8. The molecule has 0 aromatic carbocycles. The van der Waals surface area contributed by atoms with Crippen molar-refractivity contribution in [2.24, 2.45) is 5.41 Å². The minimum atomic E-state index is 0.420. The third-order valence-corrected chi connectivity index (χ3v) is 4.98. The van der Waals surface area contributed by atoms with Gasteiger partial charge in [-0.25, -0.2) is 4.98 Å². The van der Waals surface area contributed by atoms with Crippen LogP contribution in [0.3, 0.4) is 0 Å². The number of rotatable bonds is 2. The monoisotopic (exact) mass is 261 g/mol. The maximum atomic E-state index is 4.96. The van der Waals surface area contributed by atoms with Crippen molar-refractivity contribution in [3.05, 3.63) is 17.2 Å². The third kappa shape index (κ3) is 2.12. The van der Waals surface area contributed by atoms with Crippen LogP contribution in [0.5, 0.6) is 0 Å². The van der Waals surface area contributed by atoms with Crippen LogP contribution in [0, 0.1) is 5.41 Å². The van der Waals surface area contributed by atoms with Gasteiger partial charge in [0.25, 0.3) is 0 Å². The number of hydrogen-bond acceptors (Lipinski definition) is 2. The Morgan fingerprint density at radius 1 is 1.37 bits per heavy atom. The quantitative estimate of drug-likeness (QED) is 0.884. The zero-order valence-electron chi connectivity index (χ0n) is 12.8. The number of nitrogens with zero attached hydrogens (tertiary/aromatic N) is 2. The summed E-state index contributed by atoms with van der Waals surface area (Å²) < 4.78 is 2.63. The molecule has 3 rings (SSSR count). The Labute approximate surface area is 116 Å². The number of fused-ring (bicyclic) bond motifs is 1. The average Bonchev–Trinajstić information content (AvgIpc) is 2.88. The first-order chi connectivity index (χ1) is 9.00. The van der Waals surface area contributed by atoms with Crippen LogP contribution in [0.1, 0.15) is 76.1 Å². The molecule has 0 radical (unpaired) electrons. The predicted octanol–water partition coefficient (Wildman–Crippen LogP) is 3.40. The van der Waals surface area contributed by atoms with Crippen molar-refractivity contribution in [1.82, 2.24) is 14.9 Å². The molecule has 2 heterocycles. The molecule has 1 aromatic rings. The fourth-order valence-electron chi connectivity index (χ4n) is 3.90. The summed E-state index contributed by atoms with van der Waals surface area (Å²) in [4.78, 5) is 4.96. The van der Waals surface area contributed by atoms with Crippen LogP contribution in [-0.2, 0) is 13.0 Å². The Bertz CT molecular complexity index is 471. The molecule has 1 fully saturated rings. The van der Waals surface area contributed by atoms with Gasteiger partial charge in [0.15, 0.2) is 0 Å². The van der Waals surface area contributed by atoms with E-state index in [4.69, 9.17) is 4.98 Å². The van der Waals surface area contributed by atoms with Crippen molar-refractivity contribution in [2.45, 2.75) is 71.9 Å². The molecule has 106 valence electrons.